The van der Waals surface area contributed by atoms with Gasteiger partial charge in [-0.05, 0) is 18.9 Å². The van der Waals surface area contributed by atoms with Gasteiger partial charge in [0.1, 0.15) is 0 Å². The molecule has 0 heterocycles. The molecule has 1 N–H and O–H groups in total. The molecule has 0 rings (SSSR count). The molecule has 0 aliphatic carbocycles. The number of hydrogen-bond donors (Lipinski definition) is 1. The van der Waals surface area contributed by atoms with Crippen LogP contribution in [0.2, 0.25) is 0 Å². The van der Waals surface area contributed by atoms with Crippen LogP contribution in [-0.4, -0.2) is 25.1 Å². The molecule has 0 aromatic carbocycles. The summed E-state index contributed by atoms with van der Waals surface area (Å²) in [7, 11) is 0. The van der Waals surface area contributed by atoms with Crippen molar-refractivity contribution >= 4 is 11.6 Å². The zero-order valence-electron chi connectivity index (χ0n) is 8.65. The Morgan fingerprint density at radius 2 is 1.92 bits per heavy atom. The molecule has 0 aromatic rings. The maximum atomic E-state index is 11.7. The van der Waals surface area contributed by atoms with Crippen LogP contribution in [0.1, 0.15) is 33.1 Å². The Hall–Kier alpha value is 0.180. The average Bonchev–Trinajstić information content (AvgIpc) is 2.14. The van der Waals surface area contributed by atoms with Crippen molar-refractivity contribution in [2.24, 2.45) is 5.92 Å². The lowest BCUT2D eigenvalue weighted by atomic mass is 9.99. The molecule has 1 nitrogen and oxygen atoms in total. The lowest BCUT2D eigenvalue weighted by molar-refractivity contribution is 0.427. The van der Waals surface area contributed by atoms with Crippen LogP contribution < -0.4 is 5.32 Å². The first-order chi connectivity index (χ1) is 6.26. The largest absolute Gasteiger partial charge is 0.315 e. The summed E-state index contributed by atoms with van der Waals surface area (Å²) in [5.41, 5.74) is 0. The first kappa shape index (κ1) is 13.2. The summed E-state index contributed by atoms with van der Waals surface area (Å²) < 4.78 is 11.7. The number of alkyl halides is 2. The van der Waals surface area contributed by atoms with Crippen LogP contribution in [0.25, 0.3) is 0 Å². The van der Waals surface area contributed by atoms with Gasteiger partial charge in [0.2, 0.25) is 0 Å². The standard InChI is InChI=1S/C10H21ClFN/c1-3-9(4-2)10(11)8-13-7-5-6-12/h9-10,13H,3-8H2,1-2H3. The lowest BCUT2D eigenvalue weighted by Gasteiger charge is -2.19. The van der Waals surface area contributed by atoms with Gasteiger partial charge < -0.3 is 5.32 Å². The fourth-order valence-corrected chi connectivity index (χ4v) is 1.86. The van der Waals surface area contributed by atoms with E-state index in [0.29, 0.717) is 12.3 Å². The van der Waals surface area contributed by atoms with Crippen molar-refractivity contribution in [2.75, 3.05) is 19.8 Å². The highest BCUT2D eigenvalue weighted by Gasteiger charge is 2.14. The zero-order valence-corrected chi connectivity index (χ0v) is 9.41. The van der Waals surface area contributed by atoms with Crippen LogP contribution in [0.15, 0.2) is 0 Å². The maximum absolute atomic E-state index is 11.7. The predicted octanol–water partition coefficient (Wildman–Crippen LogP) is 2.98. The second-order valence-electron chi connectivity index (χ2n) is 3.34. The van der Waals surface area contributed by atoms with E-state index < -0.39 is 0 Å². The Morgan fingerprint density at radius 3 is 2.38 bits per heavy atom. The topological polar surface area (TPSA) is 12.0 Å². The fourth-order valence-electron chi connectivity index (χ4n) is 1.40. The number of hydrogen-bond acceptors (Lipinski definition) is 1. The van der Waals surface area contributed by atoms with Gasteiger partial charge in [-0.1, -0.05) is 26.7 Å². The van der Waals surface area contributed by atoms with Crippen LogP contribution in [0, 0.1) is 5.92 Å². The van der Waals surface area contributed by atoms with Crippen molar-refractivity contribution in [2.45, 2.75) is 38.5 Å². The zero-order chi connectivity index (χ0) is 10.1. The van der Waals surface area contributed by atoms with Crippen LogP contribution in [-0.2, 0) is 0 Å². The average molecular weight is 210 g/mol. The van der Waals surface area contributed by atoms with E-state index in [4.69, 9.17) is 11.6 Å². The summed E-state index contributed by atoms with van der Waals surface area (Å²) >= 11 is 6.17. The molecule has 0 saturated carbocycles. The Morgan fingerprint density at radius 1 is 1.31 bits per heavy atom. The number of nitrogens with one attached hydrogen (secondary N) is 1. The Bertz CT molecular complexity index is 107. The molecule has 0 aliphatic heterocycles. The van der Waals surface area contributed by atoms with Crippen LogP contribution in [0.3, 0.4) is 0 Å². The highest BCUT2D eigenvalue weighted by molar-refractivity contribution is 6.21. The second-order valence-corrected chi connectivity index (χ2v) is 3.90. The molecule has 0 aliphatic rings. The van der Waals surface area contributed by atoms with Gasteiger partial charge in [-0.2, -0.15) is 0 Å². The first-order valence-electron chi connectivity index (χ1n) is 5.16. The summed E-state index contributed by atoms with van der Waals surface area (Å²) in [6.07, 6.45) is 2.83. The van der Waals surface area contributed by atoms with Crippen molar-refractivity contribution in [3.8, 4) is 0 Å². The van der Waals surface area contributed by atoms with Crippen molar-refractivity contribution < 1.29 is 4.39 Å². The smallest absolute Gasteiger partial charge is 0.0906 e. The molecule has 0 spiro atoms. The van der Waals surface area contributed by atoms with Gasteiger partial charge in [-0.15, -0.1) is 11.6 Å². The van der Waals surface area contributed by atoms with E-state index in [1.165, 1.54) is 0 Å². The molecule has 1 atom stereocenters. The van der Waals surface area contributed by atoms with E-state index in [2.05, 4.69) is 19.2 Å². The molecule has 0 radical (unpaired) electrons. The molecule has 0 saturated heterocycles. The third-order valence-corrected chi connectivity index (χ3v) is 2.90. The van der Waals surface area contributed by atoms with Gasteiger partial charge in [-0.25, -0.2) is 0 Å². The molecule has 13 heavy (non-hydrogen) atoms. The van der Waals surface area contributed by atoms with E-state index >= 15 is 0 Å². The van der Waals surface area contributed by atoms with E-state index in [1.807, 2.05) is 0 Å². The van der Waals surface area contributed by atoms with Gasteiger partial charge in [0, 0.05) is 11.9 Å². The van der Waals surface area contributed by atoms with Gasteiger partial charge >= 0.3 is 0 Å². The number of rotatable bonds is 8. The van der Waals surface area contributed by atoms with E-state index in [1.54, 1.807) is 0 Å². The summed E-state index contributed by atoms with van der Waals surface area (Å²) in [6.45, 7) is 5.61. The molecule has 0 fully saturated rings. The predicted molar refractivity (Wildman–Crippen MR) is 57.2 cm³/mol. The minimum Gasteiger partial charge on any atom is -0.315 e. The van der Waals surface area contributed by atoms with Crippen molar-refractivity contribution in [3.63, 3.8) is 0 Å². The lowest BCUT2D eigenvalue weighted by Crippen LogP contribution is -2.29. The molecule has 0 aromatic heterocycles. The molecule has 0 bridgehead atoms. The highest BCUT2D eigenvalue weighted by Crippen LogP contribution is 2.17. The van der Waals surface area contributed by atoms with Crippen LogP contribution in [0.5, 0.6) is 0 Å². The third kappa shape index (κ3) is 6.28. The van der Waals surface area contributed by atoms with E-state index in [-0.39, 0.29) is 12.1 Å². The molecule has 0 amide bonds. The Labute approximate surface area is 86.0 Å². The van der Waals surface area contributed by atoms with Crippen molar-refractivity contribution in [1.82, 2.24) is 5.32 Å². The van der Waals surface area contributed by atoms with Gasteiger partial charge in [0.05, 0.1) is 6.67 Å². The van der Waals surface area contributed by atoms with Gasteiger partial charge in [0.25, 0.3) is 0 Å². The molecule has 1 unspecified atom stereocenters. The molecule has 3 heteroatoms. The normalized spacial score (nSPS) is 13.6. The van der Waals surface area contributed by atoms with Crippen LogP contribution in [0.4, 0.5) is 4.39 Å². The van der Waals surface area contributed by atoms with Gasteiger partial charge in [0.15, 0.2) is 0 Å². The molecular formula is C10H21ClFN. The maximum Gasteiger partial charge on any atom is 0.0906 e. The fraction of sp³-hybridized carbons (Fsp3) is 1.00. The third-order valence-electron chi connectivity index (χ3n) is 2.39. The quantitative estimate of drug-likeness (QED) is 0.479. The molecular weight excluding hydrogens is 189 g/mol. The summed E-state index contributed by atoms with van der Waals surface area (Å²) in [5, 5.41) is 3.35. The summed E-state index contributed by atoms with van der Waals surface area (Å²) in [6, 6.07) is 0. The van der Waals surface area contributed by atoms with Gasteiger partial charge in [-0.3, -0.25) is 4.39 Å². The van der Waals surface area contributed by atoms with Crippen LogP contribution >= 0.6 is 11.6 Å². The second kappa shape index (κ2) is 8.76. The van der Waals surface area contributed by atoms with E-state index in [9.17, 15) is 4.39 Å². The minimum absolute atomic E-state index is 0.189. The van der Waals surface area contributed by atoms with Crippen molar-refractivity contribution in [3.05, 3.63) is 0 Å². The summed E-state index contributed by atoms with van der Waals surface area (Å²) in [4.78, 5) is 0. The monoisotopic (exact) mass is 209 g/mol. The molecule has 80 valence electrons. The minimum atomic E-state index is -0.245. The summed E-state index contributed by atoms with van der Waals surface area (Å²) in [5.74, 6) is 0.583. The first-order valence-corrected chi connectivity index (χ1v) is 5.60. The Kier molecular flexibility index (Phi) is 8.89. The number of halogens is 2. The Balaban J connectivity index is 3.42. The van der Waals surface area contributed by atoms with Crippen molar-refractivity contribution in [1.29, 1.82) is 0 Å². The van der Waals surface area contributed by atoms with E-state index in [0.717, 1.165) is 25.9 Å². The SMILES string of the molecule is CCC(CC)C(Cl)CNCCCF. The highest BCUT2D eigenvalue weighted by atomic mass is 35.5.